The molecule has 7 nitrogen and oxygen atoms in total. The number of anilines is 1. The number of nitrogens with two attached hydrogens (primary N) is 1. The second-order valence-electron chi connectivity index (χ2n) is 6.21. The number of benzene rings is 1. The molecule has 0 atom stereocenters. The second kappa shape index (κ2) is 11.1. The summed E-state index contributed by atoms with van der Waals surface area (Å²) in [7, 11) is 1.61. The number of nitrogens with zero attached hydrogens (tertiary/aromatic N) is 1. The summed E-state index contributed by atoms with van der Waals surface area (Å²) in [5, 5.41) is 2.90. The van der Waals surface area contributed by atoms with Gasteiger partial charge >= 0.3 is 0 Å². The molecular formula is C19H25Cl2N3O4. The Morgan fingerprint density at radius 2 is 1.79 bits per heavy atom. The third-order valence-electron chi connectivity index (χ3n) is 4.60. The van der Waals surface area contributed by atoms with Gasteiger partial charge in [0, 0.05) is 25.8 Å². The fraction of sp³-hybridized carbons (Fsp3) is 0.368. The molecule has 0 radical (unpaired) electrons. The molecule has 0 unspecified atom stereocenters. The summed E-state index contributed by atoms with van der Waals surface area (Å²) in [4.78, 5) is 16.9. The largest absolute Gasteiger partial charge is 0.497 e. The molecule has 0 bridgehead atoms. The molecule has 1 aliphatic rings. The lowest BCUT2D eigenvalue weighted by atomic mass is 9.79. The van der Waals surface area contributed by atoms with Gasteiger partial charge in [0.1, 0.15) is 11.5 Å². The average molecular weight is 430 g/mol. The molecule has 9 heteroatoms. The van der Waals surface area contributed by atoms with Gasteiger partial charge in [0.15, 0.2) is 0 Å². The first-order chi connectivity index (χ1) is 12.6. The Kier molecular flexibility index (Phi) is 9.48. The number of methoxy groups -OCH3 is 1. The van der Waals surface area contributed by atoms with Crippen molar-refractivity contribution in [3.63, 3.8) is 0 Å². The van der Waals surface area contributed by atoms with Crippen molar-refractivity contribution in [3.8, 4) is 17.4 Å². The van der Waals surface area contributed by atoms with Crippen LogP contribution in [-0.4, -0.2) is 37.8 Å². The molecule has 0 saturated carbocycles. The number of carbonyl (C=O) groups is 1. The number of nitrogens with one attached hydrogen (secondary N) is 1. The molecule has 1 aromatic heterocycles. The van der Waals surface area contributed by atoms with Gasteiger partial charge in [-0.2, -0.15) is 0 Å². The van der Waals surface area contributed by atoms with Crippen molar-refractivity contribution in [2.45, 2.75) is 12.8 Å². The maximum atomic E-state index is 12.6. The van der Waals surface area contributed by atoms with Crippen molar-refractivity contribution < 1.29 is 19.0 Å². The van der Waals surface area contributed by atoms with E-state index in [9.17, 15) is 4.79 Å². The lowest BCUT2D eigenvalue weighted by Gasteiger charge is -2.34. The highest BCUT2D eigenvalue weighted by molar-refractivity contribution is 5.95. The monoisotopic (exact) mass is 429 g/mol. The smallest absolute Gasteiger partial charge is 0.232 e. The van der Waals surface area contributed by atoms with Crippen molar-refractivity contribution in [2.24, 2.45) is 11.1 Å². The maximum Gasteiger partial charge on any atom is 0.232 e. The van der Waals surface area contributed by atoms with Crippen LogP contribution < -0.4 is 20.5 Å². The Labute approximate surface area is 176 Å². The van der Waals surface area contributed by atoms with E-state index in [2.05, 4.69) is 10.3 Å². The van der Waals surface area contributed by atoms with Crippen LogP contribution in [0, 0.1) is 5.41 Å². The van der Waals surface area contributed by atoms with E-state index in [1.54, 1.807) is 37.6 Å². The minimum Gasteiger partial charge on any atom is -0.497 e. The van der Waals surface area contributed by atoms with Gasteiger partial charge in [0.05, 0.1) is 24.4 Å². The highest BCUT2D eigenvalue weighted by atomic mass is 35.5. The van der Waals surface area contributed by atoms with Gasteiger partial charge in [-0.05, 0) is 43.2 Å². The fourth-order valence-electron chi connectivity index (χ4n) is 2.83. The number of amides is 1. The second-order valence-corrected chi connectivity index (χ2v) is 6.21. The van der Waals surface area contributed by atoms with Crippen molar-refractivity contribution in [1.82, 2.24) is 4.98 Å². The van der Waals surface area contributed by atoms with Crippen molar-refractivity contribution >= 4 is 36.4 Å². The standard InChI is InChI=1S/C19H23N3O4.2ClH/c1-24-15-3-5-16(6-4-15)26-17-7-2-14(12-21-17)22-18(23)19(13-20)8-10-25-11-9-19;;/h2-7,12H,8-11,13,20H2,1H3,(H,22,23);2*1H. The van der Waals surface area contributed by atoms with E-state index in [0.29, 0.717) is 49.9 Å². The number of hydrogen-bond donors (Lipinski definition) is 2. The summed E-state index contributed by atoms with van der Waals surface area (Å²) >= 11 is 0. The molecule has 2 heterocycles. The number of ether oxygens (including phenoxy) is 3. The summed E-state index contributed by atoms with van der Waals surface area (Å²) < 4.78 is 16.1. The molecule has 3 rings (SSSR count). The average Bonchev–Trinajstić information content (AvgIpc) is 2.70. The number of carbonyl (C=O) groups excluding carboxylic acids is 1. The van der Waals surface area contributed by atoms with E-state index < -0.39 is 5.41 Å². The summed E-state index contributed by atoms with van der Waals surface area (Å²) in [6, 6.07) is 10.7. The highest BCUT2D eigenvalue weighted by Gasteiger charge is 2.38. The van der Waals surface area contributed by atoms with E-state index >= 15 is 0 Å². The number of aromatic nitrogens is 1. The summed E-state index contributed by atoms with van der Waals surface area (Å²) in [5.74, 6) is 1.76. The minimum absolute atomic E-state index is 0. The quantitative estimate of drug-likeness (QED) is 0.729. The molecule has 3 N–H and O–H groups in total. The van der Waals surface area contributed by atoms with Crippen molar-refractivity contribution in [1.29, 1.82) is 0 Å². The third kappa shape index (κ3) is 5.72. The molecule has 1 aromatic carbocycles. The Hall–Kier alpha value is -2.06. The van der Waals surface area contributed by atoms with Gasteiger partial charge < -0.3 is 25.3 Å². The predicted molar refractivity (Wildman–Crippen MR) is 112 cm³/mol. The molecule has 1 saturated heterocycles. The van der Waals surface area contributed by atoms with Crippen LogP contribution in [0.2, 0.25) is 0 Å². The van der Waals surface area contributed by atoms with E-state index in [0.717, 1.165) is 5.75 Å². The zero-order valence-electron chi connectivity index (χ0n) is 15.6. The zero-order chi connectivity index (χ0) is 18.4. The number of pyridine rings is 1. The van der Waals surface area contributed by atoms with Crippen LogP contribution in [0.15, 0.2) is 42.6 Å². The molecule has 2 aromatic rings. The highest BCUT2D eigenvalue weighted by Crippen LogP contribution is 2.31. The number of halogens is 2. The number of rotatable bonds is 6. The first-order valence-corrected chi connectivity index (χ1v) is 8.52. The van der Waals surface area contributed by atoms with Gasteiger partial charge in [-0.25, -0.2) is 4.98 Å². The summed E-state index contributed by atoms with van der Waals surface area (Å²) in [6.45, 7) is 1.41. The Morgan fingerprint density at radius 1 is 1.14 bits per heavy atom. The Bertz CT molecular complexity index is 736. The van der Waals surface area contributed by atoms with Gasteiger partial charge in [0.25, 0.3) is 0 Å². The van der Waals surface area contributed by atoms with E-state index in [1.165, 1.54) is 0 Å². The van der Waals surface area contributed by atoms with E-state index in [-0.39, 0.29) is 30.7 Å². The van der Waals surface area contributed by atoms with Gasteiger partial charge in [0.2, 0.25) is 11.8 Å². The van der Waals surface area contributed by atoms with Gasteiger partial charge in [-0.3, -0.25) is 4.79 Å². The molecular weight excluding hydrogens is 405 g/mol. The lowest BCUT2D eigenvalue weighted by Crippen LogP contribution is -2.46. The summed E-state index contributed by atoms with van der Waals surface area (Å²) in [5.41, 5.74) is 5.90. The van der Waals surface area contributed by atoms with Crippen LogP contribution >= 0.6 is 24.8 Å². The molecule has 28 heavy (non-hydrogen) atoms. The van der Waals surface area contributed by atoms with Crippen LogP contribution in [0.1, 0.15) is 12.8 Å². The minimum atomic E-state index is -0.573. The first kappa shape index (κ1) is 24.0. The molecule has 0 spiro atoms. The normalized spacial score (nSPS) is 14.8. The molecule has 1 fully saturated rings. The Balaban J connectivity index is 0.00000196. The SMILES string of the molecule is COc1ccc(Oc2ccc(NC(=O)C3(CN)CCOCC3)cn2)cc1.Cl.Cl. The maximum absolute atomic E-state index is 12.6. The van der Waals surface area contributed by atoms with Crippen LogP contribution in [0.5, 0.6) is 17.4 Å². The van der Waals surface area contributed by atoms with Crippen LogP contribution in [0.25, 0.3) is 0 Å². The fourth-order valence-corrected chi connectivity index (χ4v) is 2.83. The van der Waals surface area contributed by atoms with Gasteiger partial charge in [-0.1, -0.05) is 0 Å². The zero-order valence-corrected chi connectivity index (χ0v) is 17.2. The molecule has 1 aliphatic heterocycles. The predicted octanol–water partition coefficient (Wildman–Crippen LogP) is 3.42. The van der Waals surface area contributed by atoms with Crippen molar-refractivity contribution in [2.75, 3.05) is 32.2 Å². The number of hydrogen-bond acceptors (Lipinski definition) is 6. The summed E-state index contributed by atoms with van der Waals surface area (Å²) in [6.07, 6.45) is 2.82. The molecule has 154 valence electrons. The topological polar surface area (TPSA) is 95.7 Å². The van der Waals surface area contributed by atoms with E-state index in [4.69, 9.17) is 19.9 Å². The van der Waals surface area contributed by atoms with Crippen LogP contribution in [0.3, 0.4) is 0 Å². The Morgan fingerprint density at radius 3 is 2.32 bits per heavy atom. The third-order valence-corrected chi connectivity index (χ3v) is 4.60. The van der Waals surface area contributed by atoms with Crippen LogP contribution in [0.4, 0.5) is 5.69 Å². The molecule has 1 amide bonds. The van der Waals surface area contributed by atoms with Crippen LogP contribution in [-0.2, 0) is 9.53 Å². The molecule has 0 aliphatic carbocycles. The van der Waals surface area contributed by atoms with Gasteiger partial charge in [-0.15, -0.1) is 24.8 Å². The lowest BCUT2D eigenvalue weighted by molar-refractivity contribution is -0.130. The first-order valence-electron chi connectivity index (χ1n) is 8.52. The van der Waals surface area contributed by atoms with E-state index in [1.807, 2.05) is 12.1 Å². The van der Waals surface area contributed by atoms with Crippen molar-refractivity contribution in [3.05, 3.63) is 42.6 Å².